The van der Waals surface area contributed by atoms with Gasteiger partial charge in [-0.15, -0.1) is 0 Å². The quantitative estimate of drug-likeness (QED) is 0.844. The number of hydrogen-bond acceptors (Lipinski definition) is 4. The van der Waals surface area contributed by atoms with E-state index in [4.69, 9.17) is 5.73 Å². The summed E-state index contributed by atoms with van der Waals surface area (Å²) in [6, 6.07) is 4.40. The predicted molar refractivity (Wildman–Crippen MR) is 78.3 cm³/mol. The second-order valence-corrected chi connectivity index (χ2v) is 7.33. The van der Waals surface area contributed by atoms with Crippen LogP contribution < -0.4 is 5.73 Å². The van der Waals surface area contributed by atoms with E-state index in [2.05, 4.69) is 0 Å². The van der Waals surface area contributed by atoms with Crippen LogP contribution in [0.25, 0.3) is 0 Å². The van der Waals surface area contributed by atoms with Gasteiger partial charge in [0.15, 0.2) is 0 Å². The van der Waals surface area contributed by atoms with Crippen LogP contribution in [0.5, 0.6) is 0 Å². The average molecular weight is 312 g/mol. The van der Waals surface area contributed by atoms with Gasteiger partial charge < -0.3 is 10.8 Å². The molecule has 1 fully saturated rings. The van der Waals surface area contributed by atoms with Crippen LogP contribution in [0.1, 0.15) is 28.8 Å². The van der Waals surface area contributed by atoms with Crippen LogP contribution in [0, 0.1) is 12.8 Å². The maximum atomic E-state index is 12.6. The number of aliphatic hydroxyl groups excluding tert-OH is 1. The number of carbonyl (C=O) groups excluding carboxylic acids is 1. The zero-order valence-corrected chi connectivity index (χ0v) is 12.8. The van der Waals surface area contributed by atoms with Crippen LogP contribution in [-0.4, -0.2) is 43.4 Å². The number of rotatable bonds is 4. The van der Waals surface area contributed by atoms with E-state index in [1.807, 2.05) is 0 Å². The molecule has 7 heteroatoms. The highest BCUT2D eigenvalue weighted by Gasteiger charge is 2.30. The van der Waals surface area contributed by atoms with Crippen molar-refractivity contribution < 1.29 is 18.3 Å². The van der Waals surface area contributed by atoms with E-state index in [0.717, 1.165) is 12.8 Å². The molecule has 1 heterocycles. The van der Waals surface area contributed by atoms with Crippen LogP contribution in [0.3, 0.4) is 0 Å². The maximum Gasteiger partial charge on any atom is 0.249 e. The van der Waals surface area contributed by atoms with Crippen LogP contribution in [0.2, 0.25) is 0 Å². The normalized spacial score (nSPS) is 20.4. The van der Waals surface area contributed by atoms with Gasteiger partial charge in [-0.3, -0.25) is 4.79 Å². The Morgan fingerprint density at radius 3 is 2.81 bits per heavy atom. The molecule has 0 aliphatic carbocycles. The van der Waals surface area contributed by atoms with Crippen molar-refractivity contribution in [3.63, 3.8) is 0 Å². The average Bonchev–Trinajstić information content (AvgIpc) is 2.47. The Morgan fingerprint density at radius 1 is 1.48 bits per heavy atom. The van der Waals surface area contributed by atoms with E-state index < -0.39 is 15.9 Å². The summed E-state index contributed by atoms with van der Waals surface area (Å²) in [6.45, 7) is 2.42. The van der Waals surface area contributed by atoms with Gasteiger partial charge in [-0.2, -0.15) is 4.31 Å². The summed E-state index contributed by atoms with van der Waals surface area (Å²) in [6.07, 6.45) is 1.54. The highest BCUT2D eigenvalue weighted by molar-refractivity contribution is 7.89. The van der Waals surface area contributed by atoms with Crippen molar-refractivity contribution in [2.45, 2.75) is 24.7 Å². The third kappa shape index (κ3) is 3.25. The van der Waals surface area contributed by atoms with Gasteiger partial charge in [0, 0.05) is 25.3 Å². The van der Waals surface area contributed by atoms with Crippen molar-refractivity contribution >= 4 is 15.9 Å². The molecule has 1 unspecified atom stereocenters. The highest BCUT2D eigenvalue weighted by atomic mass is 32.2. The number of aliphatic hydroxyl groups is 1. The molecule has 0 bridgehead atoms. The van der Waals surface area contributed by atoms with Crippen LogP contribution in [-0.2, 0) is 10.0 Å². The lowest BCUT2D eigenvalue weighted by molar-refractivity contribution is 0.0999. The van der Waals surface area contributed by atoms with Gasteiger partial charge >= 0.3 is 0 Å². The maximum absolute atomic E-state index is 12.6. The summed E-state index contributed by atoms with van der Waals surface area (Å²) in [5, 5.41) is 9.22. The molecular weight excluding hydrogens is 292 g/mol. The summed E-state index contributed by atoms with van der Waals surface area (Å²) in [5.41, 5.74) is 6.13. The molecule has 21 heavy (non-hydrogen) atoms. The summed E-state index contributed by atoms with van der Waals surface area (Å²) in [5.74, 6) is -0.675. The first-order valence-corrected chi connectivity index (χ1v) is 8.31. The molecular formula is C14H20N2O4S. The van der Waals surface area contributed by atoms with Gasteiger partial charge in [0.25, 0.3) is 0 Å². The van der Waals surface area contributed by atoms with Crippen LogP contribution >= 0.6 is 0 Å². The van der Waals surface area contributed by atoms with E-state index in [9.17, 15) is 18.3 Å². The number of amides is 1. The third-order valence-corrected chi connectivity index (χ3v) is 5.71. The van der Waals surface area contributed by atoms with Gasteiger partial charge in [-0.25, -0.2) is 8.42 Å². The van der Waals surface area contributed by atoms with Crippen LogP contribution in [0.4, 0.5) is 0 Å². The first-order valence-electron chi connectivity index (χ1n) is 6.87. The topological polar surface area (TPSA) is 101 Å². The molecule has 1 atom stereocenters. The molecule has 0 spiro atoms. The first kappa shape index (κ1) is 15.9. The summed E-state index contributed by atoms with van der Waals surface area (Å²) < 4.78 is 26.6. The van der Waals surface area contributed by atoms with Gasteiger partial charge in [-0.1, -0.05) is 6.07 Å². The molecule has 1 aromatic rings. The fraction of sp³-hybridized carbons (Fsp3) is 0.500. The zero-order chi connectivity index (χ0) is 15.6. The number of benzene rings is 1. The summed E-state index contributed by atoms with van der Waals surface area (Å²) >= 11 is 0. The Kier molecular flexibility index (Phi) is 4.65. The monoisotopic (exact) mass is 312 g/mol. The van der Waals surface area contributed by atoms with Crippen molar-refractivity contribution in [2.24, 2.45) is 11.7 Å². The minimum absolute atomic E-state index is 0.0214. The molecule has 116 valence electrons. The van der Waals surface area contributed by atoms with Gasteiger partial charge in [-0.05, 0) is 43.4 Å². The van der Waals surface area contributed by atoms with E-state index >= 15 is 0 Å². The largest absolute Gasteiger partial charge is 0.396 e. The van der Waals surface area contributed by atoms with Crippen LogP contribution in [0.15, 0.2) is 23.1 Å². The number of nitrogens with zero attached hydrogens (tertiary/aromatic N) is 1. The number of carbonyl (C=O) groups is 1. The number of nitrogens with two attached hydrogens (primary N) is 1. The number of piperidine rings is 1. The van der Waals surface area contributed by atoms with Gasteiger partial charge in [0.1, 0.15) is 0 Å². The Hall–Kier alpha value is -1.44. The Morgan fingerprint density at radius 2 is 2.19 bits per heavy atom. The predicted octanol–water partition coefficient (Wildman–Crippen LogP) is 0.487. The number of primary amides is 1. The molecule has 0 aromatic heterocycles. The minimum atomic E-state index is -3.66. The smallest absolute Gasteiger partial charge is 0.249 e. The standard InChI is InChI=1S/C14H20N2O4S/c1-10-4-5-12(7-13(10)14(15)18)21(19,20)16-6-2-3-11(8-16)9-17/h4-5,7,11,17H,2-3,6,8-9H2,1H3,(H2,15,18). The fourth-order valence-corrected chi connectivity index (χ4v) is 4.15. The SMILES string of the molecule is Cc1ccc(S(=O)(=O)N2CCCC(CO)C2)cc1C(N)=O. The molecule has 1 aliphatic rings. The fourth-order valence-electron chi connectivity index (χ4n) is 2.57. The lowest BCUT2D eigenvalue weighted by Gasteiger charge is -2.31. The van der Waals surface area contributed by atoms with E-state index in [-0.39, 0.29) is 23.0 Å². The lowest BCUT2D eigenvalue weighted by Crippen LogP contribution is -2.40. The summed E-state index contributed by atoms with van der Waals surface area (Å²) in [7, 11) is -3.66. The molecule has 1 amide bonds. The van der Waals surface area contributed by atoms with Crippen molar-refractivity contribution in [3.05, 3.63) is 29.3 Å². The second-order valence-electron chi connectivity index (χ2n) is 5.39. The van der Waals surface area contributed by atoms with Crippen molar-refractivity contribution in [1.82, 2.24) is 4.31 Å². The van der Waals surface area contributed by atoms with Crippen molar-refractivity contribution in [2.75, 3.05) is 19.7 Å². The Labute approximate surface area is 124 Å². The molecule has 6 nitrogen and oxygen atoms in total. The molecule has 1 aromatic carbocycles. The van der Waals surface area contributed by atoms with Crippen molar-refractivity contribution in [1.29, 1.82) is 0 Å². The molecule has 0 saturated carbocycles. The highest BCUT2D eigenvalue weighted by Crippen LogP contribution is 2.24. The Bertz CT molecular complexity index is 642. The molecule has 1 saturated heterocycles. The molecule has 3 N–H and O–H groups in total. The zero-order valence-electron chi connectivity index (χ0n) is 11.9. The minimum Gasteiger partial charge on any atom is -0.396 e. The molecule has 0 radical (unpaired) electrons. The second kappa shape index (κ2) is 6.13. The third-order valence-electron chi connectivity index (χ3n) is 3.85. The van der Waals surface area contributed by atoms with Crippen molar-refractivity contribution in [3.8, 4) is 0 Å². The number of hydrogen-bond donors (Lipinski definition) is 2. The molecule has 1 aliphatic heterocycles. The lowest BCUT2D eigenvalue weighted by atomic mass is 10.0. The first-order chi connectivity index (χ1) is 9.86. The Balaban J connectivity index is 2.35. The van der Waals surface area contributed by atoms with Gasteiger partial charge in [0.05, 0.1) is 4.90 Å². The molecule has 2 rings (SSSR count). The van der Waals surface area contributed by atoms with E-state index in [0.29, 0.717) is 18.7 Å². The number of aryl methyl sites for hydroxylation is 1. The van der Waals surface area contributed by atoms with E-state index in [1.165, 1.54) is 16.4 Å². The van der Waals surface area contributed by atoms with Gasteiger partial charge in [0.2, 0.25) is 15.9 Å². The summed E-state index contributed by atoms with van der Waals surface area (Å²) in [4.78, 5) is 11.4. The van der Waals surface area contributed by atoms with E-state index in [1.54, 1.807) is 13.0 Å². The number of sulfonamides is 1.